The smallest absolute Gasteiger partial charge is 0.161 e. The Hall–Kier alpha value is -4.53. The van der Waals surface area contributed by atoms with E-state index in [1.807, 2.05) is 18.2 Å². The lowest BCUT2D eigenvalue weighted by Gasteiger charge is -2.01. The topological polar surface area (TPSA) is 109 Å². The van der Waals surface area contributed by atoms with Crippen molar-refractivity contribution in [2.24, 2.45) is 0 Å². The van der Waals surface area contributed by atoms with Crippen molar-refractivity contribution >= 4 is 22.1 Å². The number of hydrogen-bond acceptors (Lipinski definition) is 6. The zero-order chi connectivity index (χ0) is 20.8. The van der Waals surface area contributed by atoms with Gasteiger partial charge >= 0.3 is 0 Å². The van der Waals surface area contributed by atoms with Crippen LogP contribution in [0.1, 0.15) is 0 Å². The largest absolute Gasteiger partial charge is 0.336 e. The summed E-state index contributed by atoms with van der Waals surface area (Å²) in [5, 5.41) is 7.40. The molecule has 8 nitrogen and oxygen atoms in total. The molecule has 0 amide bonds. The Balaban J connectivity index is 1.52. The number of rotatable bonds is 3. The first kappa shape index (κ1) is 17.3. The molecule has 0 aliphatic heterocycles. The van der Waals surface area contributed by atoms with Crippen molar-refractivity contribution in [2.75, 3.05) is 0 Å². The summed E-state index contributed by atoms with van der Waals surface area (Å²) in [5.74, 6) is 0.210. The molecule has 5 heterocycles. The van der Waals surface area contributed by atoms with Crippen LogP contribution >= 0.6 is 0 Å². The summed E-state index contributed by atoms with van der Waals surface area (Å²) in [7, 11) is 0. The van der Waals surface area contributed by atoms with Gasteiger partial charge in [-0.1, -0.05) is 12.1 Å². The zero-order valence-corrected chi connectivity index (χ0v) is 15.9. The molecule has 9 heteroatoms. The van der Waals surface area contributed by atoms with Crippen molar-refractivity contribution < 1.29 is 4.39 Å². The third kappa shape index (κ3) is 2.91. The molecule has 0 fully saturated rings. The molecule has 31 heavy (non-hydrogen) atoms. The van der Waals surface area contributed by atoms with E-state index in [-0.39, 0.29) is 5.82 Å². The number of nitrogens with one attached hydrogen (secondary N) is 2. The number of imidazole rings is 1. The van der Waals surface area contributed by atoms with Gasteiger partial charge in [-0.15, -0.1) is 0 Å². The van der Waals surface area contributed by atoms with Crippen LogP contribution in [0.25, 0.3) is 56.2 Å². The molecule has 0 atom stereocenters. The summed E-state index contributed by atoms with van der Waals surface area (Å²) in [4.78, 5) is 25.6. The first-order chi connectivity index (χ1) is 15.3. The molecule has 5 aromatic heterocycles. The first-order valence-corrected chi connectivity index (χ1v) is 9.49. The van der Waals surface area contributed by atoms with Gasteiger partial charge in [0.2, 0.25) is 0 Å². The van der Waals surface area contributed by atoms with E-state index in [4.69, 9.17) is 9.97 Å². The summed E-state index contributed by atoms with van der Waals surface area (Å²) in [5.41, 5.74) is 5.98. The number of aromatic nitrogens is 8. The van der Waals surface area contributed by atoms with Gasteiger partial charge in [0, 0.05) is 24.2 Å². The number of fused-ring (bicyclic) bond motifs is 2. The number of halogens is 1. The maximum absolute atomic E-state index is 13.7. The molecule has 0 saturated heterocycles. The second-order valence-electron chi connectivity index (χ2n) is 6.91. The average molecular weight is 408 g/mol. The molecule has 1 aromatic carbocycles. The molecule has 0 aliphatic carbocycles. The Kier molecular flexibility index (Phi) is 3.79. The normalized spacial score (nSPS) is 11.4. The molecule has 0 saturated carbocycles. The van der Waals surface area contributed by atoms with Gasteiger partial charge in [0.15, 0.2) is 11.5 Å². The highest BCUT2D eigenvalue weighted by Crippen LogP contribution is 2.30. The summed E-state index contributed by atoms with van der Waals surface area (Å²) in [6.45, 7) is 0. The SMILES string of the molecule is Fc1cccc(-c2nccc3[nH]c(-c4n[nH]c5ccc(-c6cnccn6)nc45)nc23)c1. The van der Waals surface area contributed by atoms with E-state index in [0.717, 1.165) is 11.0 Å². The van der Waals surface area contributed by atoms with Crippen LogP contribution in [0, 0.1) is 5.82 Å². The van der Waals surface area contributed by atoms with Crippen molar-refractivity contribution in [1.29, 1.82) is 0 Å². The van der Waals surface area contributed by atoms with Gasteiger partial charge in [0.1, 0.15) is 22.5 Å². The standard InChI is InChI=1S/C22H13FN8/c23-13-3-1-2-12(10-13)18-19-15(6-7-26-18)28-22(29-19)21-20-16(30-31-21)5-4-14(27-20)17-11-24-8-9-25-17/h1-11H,(H,28,29)(H,30,31). The van der Waals surface area contributed by atoms with E-state index in [1.165, 1.54) is 12.1 Å². The second-order valence-corrected chi connectivity index (χ2v) is 6.91. The summed E-state index contributed by atoms with van der Waals surface area (Å²) in [6, 6.07) is 11.9. The van der Waals surface area contributed by atoms with Crippen LogP contribution in [-0.4, -0.2) is 40.1 Å². The van der Waals surface area contributed by atoms with E-state index >= 15 is 0 Å². The summed E-state index contributed by atoms with van der Waals surface area (Å²) in [6.07, 6.45) is 6.56. The fraction of sp³-hybridized carbons (Fsp3) is 0. The van der Waals surface area contributed by atoms with Crippen molar-refractivity contribution in [3.05, 3.63) is 73.1 Å². The van der Waals surface area contributed by atoms with Gasteiger partial charge in [0.25, 0.3) is 0 Å². The fourth-order valence-electron chi connectivity index (χ4n) is 3.53. The summed E-state index contributed by atoms with van der Waals surface area (Å²) < 4.78 is 13.7. The molecule has 0 unspecified atom stereocenters. The Morgan fingerprint density at radius 3 is 2.58 bits per heavy atom. The Bertz CT molecular complexity index is 1550. The Morgan fingerprint density at radius 1 is 0.774 bits per heavy atom. The third-order valence-corrected chi connectivity index (χ3v) is 4.96. The molecule has 148 valence electrons. The van der Waals surface area contributed by atoms with E-state index in [2.05, 4.69) is 30.1 Å². The highest BCUT2D eigenvalue weighted by atomic mass is 19.1. The Labute approximate surface area is 174 Å². The van der Waals surface area contributed by atoms with Crippen molar-refractivity contribution in [3.8, 4) is 34.2 Å². The van der Waals surface area contributed by atoms with E-state index in [1.54, 1.807) is 36.9 Å². The average Bonchev–Trinajstić information content (AvgIpc) is 3.43. The van der Waals surface area contributed by atoms with Gasteiger partial charge in [-0.3, -0.25) is 20.1 Å². The molecule has 6 aromatic rings. The minimum absolute atomic E-state index is 0.328. The highest BCUT2D eigenvalue weighted by molar-refractivity contribution is 5.94. The number of pyridine rings is 2. The second kappa shape index (κ2) is 6.77. The quantitative estimate of drug-likeness (QED) is 0.455. The number of aromatic amines is 2. The predicted molar refractivity (Wildman–Crippen MR) is 113 cm³/mol. The number of nitrogens with zero attached hydrogens (tertiary/aromatic N) is 6. The number of H-pyrrole nitrogens is 2. The van der Waals surface area contributed by atoms with E-state index in [0.29, 0.717) is 45.2 Å². The lowest BCUT2D eigenvalue weighted by atomic mass is 10.1. The van der Waals surface area contributed by atoms with Gasteiger partial charge in [-0.2, -0.15) is 5.10 Å². The minimum atomic E-state index is -0.328. The lowest BCUT2D eigenvalue weighted by molar-refractivity contribution is 0.628. The first-order valence-electron chi connectivity index (χ1n) is 9.49. The highest BCUT2D eigenvalue weighted by Gasteiger charge is 2.17. The number of benzene rings is 1. The molecular formula is C22H13FN8. The van der Waals surface area contributed by atoms with Crippen molar-refractivity contribution in [3.63, 3.8) is 0 Å². The van der Waals surface area contributed by atoms with Gasteiger partial charge in [0.05, 0.1) is 28.6 Å². The van der Waals surface area contributed by atoms with Crippen LogP contribution in [-0.2, 0) is 0 Å². The van der Waals surface area contributed by atoms with E-state index < -0.39 is 0 Å². The molecule has 0 aliphatic rings. The zero-order valence-electron chi connectivity index (χ0n) is 15.9. The minimum Gasteiger partial charge on any atom is -0.336 e. The van der Waals surface area contributed by atoms with Gasteiger partial charge in [-0.05, 0) is 30.3 Å². The molecule has 0 spiro atoms. The molecular weight excluding hydrogens is 395 g/mol. The van der Waals surface area contributed by atoms with Crippen LogP contribution in [0.3, 0.4) is 0 Å². The predicted octanol–water partition coefficient (Wildman–Crippen LogP) is 4.16. The van der Waals surface area contributed by atoms with Crippen LogP contribution in [0.4, 0.5) is 4.39 Å². The van der Waals surface area contributed by atoms with Crippen molar-refractivity contribution in [1.82, 2.24) is 40.1 Å². The monoisotopic (exact) mass is 408 g/mol. The third-order valence-electron chi connectivity index (χ3n) is 4.96. The van der Waals surface area contributed by atoms with Crippen LogP contribution in [0.2, 0.25) is 0 Å². The van der Waals surface area contributed by atoms with E-state index in [9.17, 15) is 4.39 Å². The van der Waals surface area contributed by atoms with Gasteiger partial charge in [-0.25, -0.2) is 14.4 Å². The van der Waals surface area contributed by atoms with Crippen LogP contribution in [0.5, 0.6) is 0 Å². The summed E-state index contributed by atoms with van der Waals surface area (Å²) >= 11 is 0. The molecule has 0 bridgehead atoms. The van der Waals surface area contributed by atoms with Gasteiger partial charge < -0.3 is 4.98 Å². The molecule has 2 N–H and O–H groups in total. The van der Waals surface area contributed by atoms with Crippen molar-refractivity contribution in [2.45, 2.75) is 0 Å². The molecule has 0 radical (unpaired) electrons. The fourth-order valence-corrected chi connectivity index (χ4v) is 3.53. The van der Waals surface area contributed by atoms with Crippen LogP contribution in [0.15, 0.2) is 67.3 Å². The lowest BCUT2D eigenvalue weighted by Crippen LogP contribution is -1.89. The maximum Gasteiger partial charge on any atom is 0.161 e. The number of hydrogen-bond donors (Lipinski definition) is 2. The van der Waals surface area contributed by atoms with Crippen LogP contribution < -0.4 is 0 Å². The molecule has 6 rings (SSSR count). The maximum atomic E-state index is 13.7. The Morgan fingerprint density at radius 2 is 1.71 bits per heavy atom.